The van der Waals surface area contributed by atoms with Crippen LogP contribution >= 0.6 is 0 Å². The summed E-state index contributed by atoms with van der Waals surface area (Å²) in [6.07, 6.45) is 21.5. The molecule has 3 unspecified atom stereocenters. The van der Waals surface area contributed by atoms with Crippen LogP contribution in [-0.4, -0.2) is 82.8 Å². The maximum Gasteiger partial charge on any atom is 0.352 e. The van der Waals surface area contributed by atoms with Crippen molar-refractivity contribution in [2.75, 3.05) is 19.8 Å². The summed E-state index contributed by atoms with van der Waals surface area (Å²) in [5.41, 5.74) is -2.39. The Morgan fingerprint density at radius 1 is 0.667 bits per heavy atom. The van der Waals surface area contributed by atoms with E-state index in [0.29, 0.717) is 30.3 Å². The minimum atomic E-state index is -3.01. The molecule has 0 fully saturated rings. The van der Waals surface area contributed by atoms with Crippen LogP contribution in [0.25, 0.3) is 6.08 Å². The van der Waals surface area contributed by atoms with Crippen molar-refractivity contribution in [1.29, 1.82) is 0 Å². The van der Waals surface area contributed by atoms with Gasteiger partial charge < -0.3 is 39.0 Å². The summed E-state index contributed by atoms with van der Waals surface area (Å²) < 4.78 is 26.9. The molecule has 0 bridgehead atoms. The lowest BCUT2D eigenvalue weighted by molar-refractivity contribution is -0.209. The SMILES string of the molecule is CCCCCCCCCCCCOc1ccc(/C=C/C(=O)OCC(O)CC(OC(C)=O)(C(=O)O)C(OC(C)=O)C(=O)O)cc1OCCCCCCCCCCCC. The minimum absolute atomic E-state index is 0.517. The van der Waals surface area contributed by atoms with Gasteiger partial charge in [-0.25, -0.2) is 14.4 Å². The van der Waals surface area contributed by atoms with Crippen LogP contribution in [0.15, 0.2) is 24.3 Å². The Labute approximate surface area is 339 Å². The maximum absolute atomic E-state index is 12.6. The molecule has 0 heterocycles. The van der Waals surface area contributed by atoms with Crippen LogP contribution < -0.4 is 9.47 Å². The second-order valence-electron chi connectivity index (χ2n) is 14.7. The minimum Gasteiger partial charge on any atom is -0.490 e. The normalized spacial score (nSPS) is 13.4. The lowest BCUT2D eigenvalue weighted by Crippen LogP contribution is -2.59. The van der Waals surface area contributed by atoms with E-state index >= 15 is 0 Å². The van der Waals surface area contributed by atoms with Gasteiger partial charge in [0.1, 0.15) is 6.61 Å². The molecule has 1 rings (SSSR count). The van der Waals surface area contributed by atoms with E-state index in [0.717, 1.165) is 52.0 Å². The maximum atomic E-state index is 12.6. The molecular weight excluding hydrogens is 736 g/mol. The van der Waals surface area contributed by atoms with Gasteiger partial charge in [-0.1, -0.05) is 135 Å². The quantitative estimate of drug-likeness (QED) is 0.0255. The van der Waals surface area contributed by atoms with E-state index in [1.54, 1.807) is 18.2 Å². The van der Waals surface area contributed by atoms with Crippen molar-refractivity contribution in [3.63, 3.8) is 0 Å². The van der Waals surface area contributed by atoms with Crippen LogP contribution in [0.5, 0.6) is 11.5 Å². The summed E-state index contributed by atoms with van der Waals surface area (Å²) in [5, 5.41) is 30.0. The average Bonchev–Trinajstić information content (AvgIpc) is 3.16. The van der Waals surface area contributed by atoms with Crippen molar-refractivity contribution in [1.82, 2.24) is 0 Å². The van der Waals surface area contributed by atoms with Gasteiger partial charge in [0.05, 0.1) is 19.3 Å². The Bertz CT molecular complexity index is 1340. The molecule has 0 saturated heterocycles. The average molecular weight is 807 g/mol. The third kappa shape index (κ3) is 23.0. The molecule has 3 N–H and O–H groups in total. The lowest BCUT2D eigenvalue weighted by Gasteiger charge is -2.34. The second-order valence-corrected chi connectivity index (χ2v) is 14.7. The number of ether oxygens (including phenoxy) is 5. The molecule has 0 aromatic heterocycles. The van der Waals surface area contributed by atoms with Gasteiger partial charge in [-0.2, -0.15) is 0 Å². The molecule has 1 aromatic carbocycles. The summed E-state index contributed by atoms with van der Waals surface area (Å²) in [6, 6.07) is 5.33. The first-order valence-electron chi connectivity index (χ1n) is 21.1. The summed E-state index contributed by atoms with van der Waals surface area (Å²) in [4.78, 5) is 60.0. The van der Waals surface area contributed by atoms with Gasteiger partial charge in [0, 0.05) is 26.3 Å². The van der Waals surface area contributed by atoms with Gasteiger partial charge in [-0.3, -0.25) is 9.59 Å². The standard InChI is InChI=1S/C44H70O13/c1-5-7-9-11-13-15-17-19-21-23-29-53-38-27-25-36(31-39(38)54-30-24-22-20-18-16-14-12-10-8-6-2)26-28-40(48)55-33-37(47)32-44(43(51)52,57-35(4)46)41(42(49)50)56-34(3)45/h25-28,31,37,41,47H,5-24,29-30,32-33H2,1-4H3,(H,49,50)(H,51,52)/b28-26+. The highest BCUT2D eigenvalue weighted by Crippen LogP contribution is 2.30. The number of aliphatic hydroxyl groups is 1. The van der Waals surface area contributed by atoms with Crippen molar-refractivity contribution in [3.05, 3.63) is 29.8 Å². The Hall–Kier alpha value is -4.13. The third-order valence-corrected chi connectivity index (χ3v) is 9.47. The van der Waals surface area contributed by atoms with E-state index in [4.69, 9.17) is 18.9 Å². The second kappa shape index (κ2) is 30.9. The van der Waals surface area contributed by atoms with Crippen LogP contribution in [0.1, 0.15) is 168 Å². The van der Waals surface area contributed by atoms with E-state index in [1.165, 1.54) is 102 Å². The zero-order valence-corrected chi connectivity index (χ0v) is 34.9. The molecule has 324 valence electrons. The molecular formula is C44H70O13. The number of carbonyl (C=O) groups is 5. The summed E-state index contributed by atoms with van der Waals surface area (Å²) in [6.45, 7) is 6.41. The van der Waals surface area contributed by atoms with Gasteiger partial charge in [-0.15, -0.1) is 0 Å². The number of unbranched alkanes of at least 4 members (excludes halogenated alkanes) is 18. The highest BCUT2D eigenvalue weighted by molar-refractivity contribution is 5.91. The molecule has 0 saturated carbocycles. The number of hydrogen-bond donors (Lipinski definition) is 3. The van der Waals surface area contributed by atoms with Crippen LogP contribution in [0, 0.1) is 0 Å². The highest BCUT2D eigenvalue weighted by atomic mass is 16.6. The molecule has 3 atom stereocenters. The topological polar surface area (TPSA) is 192 Å². The molecule has 0 aliphatic rings. The molecule has 0 spiro atoms. The fourth-order valence-electron chi connectivity index (χ4n) is 6.42. The van der Waals surface area contributed by atoms with Crippen molar-refractivity contribution in [3.8, 4) is 11.5 Å². The van der Waals surface area contributed by atoms with E-state index in [9.17, 15) is 39.3 Å². The lowest BCUT2D eigenvalue weighted by atomic mass is 9.89. The molecule has 57 heavy (non-hydrogen) atoms. The summed E-state index contributed by atoms with van der Waals surface area (Å²) in [7, 11) is 0. The first kappa shape index (κ1) is 50.9. The van der Waals surface area contributed by atoms with Gasteiger partial charge >= 0.3 is 29.8 Å². The number of hydrogen-bond acceptors (Lipinski definition) is 11. The van der Waals surface area contributed by atoms with E-state index < -0.39 is 60.7 Å². The van der Waals surface area contributed by atoms with E-state index in [-0.39, 0.29) is 0 Å². The number of aliphatic hydroxyl groups excluding tert-OH is 1. The number of carboxylic acid groups (broad SMARTS) is 2. The van der Waals surface area contributed by atoms with Gasteiger partial charge in [-0.05, 0) is 36.6 Å². The molecule has 13 nitrogen and oxygen atoms in total. The molecule has 0 amide bonds. The summed E-state index contributed by atoms with van der Waals surface area (Å²) in [5.74, 6) is -6.01. The van der Waals surface area contributed by atoms with E-state index in [2.05, 4.69) is 18.6 Å². The monoisotopic (exact) mass is 806 g/mol. The first-order valence-corrected chi connectivity index (χ1v) is 21.1. The molecule has 0 radical (unpaired) electrons. The zero-order chi connectivity index (χ0) is 42.3. The Morgan fingerprint density at radius 2 is 1.14 bits per heavy atom. The van der Waals surface area contributed by atoms with Crippen LogP contribution in [0.4, 0.5) is 0 Å². The predicted octanol–water partition coefficient (Wildman–Crippen LogP) is 9.00. The van der Waals surface area contributed by atoms with Gasteiger partial charge in [0.15, 0.2) is 11.5 Å². The van der Waals surface area contributed by atoms with Crippen LogP contribution in [0.2, 0.25) is 0 Å². The number of carboxylic acids is 2. The van der Waals surface area contributed by atoms with Crippen molar-refractivity contribution >= 4 is 35.9 Å². The third-order valence-electron chi connectivity index (χ3n) is 9.47. The Kier molecular flexibility index (Phi) is 27.6. The highest BCUT2D eigenvalue weighted by Gasteiger charge is 2.57. The number of rotatable bonds is 35. The van der Waals surface area contributed by atoms with Gasteiger partial charge in [0.2, 0.25) is 6.10 Å². The largest absolute Gasteiger partial charge is 0.490 e. The van der Waals surface area contributed by atoms with Crippen molar-refractivity contribution in [2.45, 2.75) is 180 Å². The number of aliphatic carboxylic acids is 2. The number of carbonyl (C=O) groups excluding carboxylic acids is 3. The first-order chi connectivity index (χ1) is 27.4. The molecule has 0 aliphatic carbocycles. The smallest absolute Gasteiger partial charge is 0.352 e. The van der Waals surface area contributed by atoms with Crippen LogP contribution in [-0.2, 0) is 38.2 Å². The number of esters is 3. The Morgan fingerprint density at radius 3 is 1.58 bits per heavy atom. The van der Waals surface area contributed by atoms with Gasteiger partial charge in [0.25, 0.3) is 5.60 Å². The predicted molar refractivity (Wildman–Crippen MR) is 217 cm³/mol. The molecule has 13 heteroatoms. The number of benzene rings is 1. The Balaban J connectivity index is 2.85. The summed E-state index contributed by atoms with van der Waals surface area (Å²) >= 11 is 0. The fourth-order valence-corrected chi connectivity index (χ4v) is 6.42. The fraction of sp³-hybridized carbons (Fsp3) is 0.705. The van der Waals surface area contributed by atoms with Crippen molar-refractivity contribution in [2.24, 2.45) is 0 Å². The van der Waals surface area contributed by atoms with Crippen LogP contribution in [0.3, 0.4) is 0 Å². The zero-order valence-electron chi connectivity index (χ0n) is 34.9. The van der Waals surface area contributed by atoms with Crippen molar-refractivity contribution < 1.29 is 63.0 Å². The molecule has 1 aromatic rings. The molecule has 0 aliphatic heterocycles. The van der Waals surface area contributed by atoms with E-state index in [1.807, 2.05) is 0 Å².